The highest BCUT2D eigenvalue weighted by Crippen LogP contribution is 2.24. The number of morpholine rings is 1. The average Bonchev–Trinajstić information content (AvgIpc) is 2.61. The second-order valence-electron chi connectivity index (χ2n) is 5.81. The number of anilines is 1. The number of nitrogens with one attached hydrogen (secondary N) is 1. The predicted molar refractivity (Wildman–Crippen MR) is 89.8 cm³/mol. The van der Waals surface area contributed by atoms with E-state index in [2.05, 4.69) is 27.1 Å². The molecule has 1 aliphatic rings. The Morgan fingerprint density at radius 1 is 1.35 bits per heavy atom. The lowest BCUT2D eigenvalue weighted by atomic mass is 10.1. The van der Waals surface area contributed by atoms with Gasteiger partial charge in [-0.1, -0.05) is 6.92 Å². The van der Waals surface area contributed by atoms with Crippen LogP contribution in [-0.4, -0.2) is 48.2 Å². The van der Waals surface area contributed by atoms with Crippen molar-refractivity contribution in [2.24, 2.45) is 0 Å². The normalized spacial score (nSPS) is 16.3. The minimum Gasteiger partial charge on any atom is -0.378 e. The highest BCUT2D eigenvalue weighted by molar-refractivity contribution is 6.00. The first-order valence-corrected chi connectivity index (χ1v) is 8.07. The van der Waals surface area contributed by atoms with Crippen LogP contribution >= 0.6 is 0 Å². The summed E-state index contributed by atoms with van der Waals surface area (Å²) in [5.74, 6) is 0.814. The topological polar surface area (TPSA) is 67.4 Å². The van der Waals surface area contributed by atoms with Gasteiger partial charge in [0, 0.05) is 30.1 Å². The molecule has 0 bridgehead atoms. The van der Waals surface area contributed by atoms with E-state index in [1.54, 1.807) is 6.33 Å². The molecule has 122 valence electrons. The first-order valence-electron chi connectivity index (χ1n) is 8.07. The van der Waals surface area contributed by atoms with Crippen LogP contribution < -0.4 is 10.2 Å². The molecule has 1 amide bonds. The van der Waals surface area contributed by atoms with E-state index in [0.717, 1.165) is 36.2 Å². The van der Waals surface area contributed by atoms with Crippen molar-refractivity contribution in [2.45, 2.75) is 26.3 Å². The molecule has 1 fully saturated rings. The Kier molecular flexibility index (Phi) is 4.71. The monoisotopic (exact) mass is 314 g/mol. The summed E-state index contributed by atoms with van der Waals surface area (Å²) < 4.78 is 5.40. The largest absolute Gasteiger partial charge is 0.378 e. The van der Waals surface area contributed by atoms with E-state index in [9.17, 15) is 4.79 Å². The molecule has 6 heteroatoms. The Morgan fingerprint density at radius 2 is 2.13 bits per heavy atom. The molecule has 6 nitrogen and oxygen atoms in total. The molecular formula is C17H22N4O2. The van der Waals surface area contributed by atoms with Gasteiger partial charge in [-0.25, -0.2) is 9.97 Å². The van der Waals surface area contributed by atoms with E-state index in [1.165, 1.54) is 0 Å². The SMILES string of the molecule is CC[C@H](C)NC(=O)c1ccc2ncnc(N3CCOCC3)c2c1. The van der Waals surface area contributed by atoms with Gasteiger partial charge in [0.2, 0.25) is 0 Å². The third kappa shape index (κ3) is 3.42. The molecule has 1 atom stereocenters. The molecule has 0 radical (unpaired) electrons. The van der Waals surface area contributed by atoms with Gasteiger partial charge in [0.05, 0.1) is 18.7 Å². The molecule has 2 heterocycles. The lowest BCUT2D eigenvalue weighted by Gasteiger charge is -2.28. The van der Waals surface area contributed by atoms with Crippen molar-refractivity contribution in [1.29, 1.82) is 0 Å². The third-order valence-corrected chi connectivity index (χ3v) is 4.18. The molecule has 1 aromatic carbocycles. The second kappa shape index (κ2) is 6.91. The summed E-state index contributed by atoms with van der Waals surface area (Å²) in [7, 11) is 0. The maximum Gasteiger partial charge on any atom is 0.251 e. The molecule has 23 heavy (non-hydrogen) atoms. The maximum absolute atomic E-state index is 12.4. The van der Waals surface area contributed by atoms with Gasteiger partial charge in [0.25, 0.3) is 5.91 Å². The fourth-order valence-electron chi connectivity index (χ4n) is 2.62. The molecule has 0 saturated carbocycles. The molecule has 1 aromatic heterocycles. The molecular weight excluding hydrogens is 292 g/mol. The van der Waals surface area contributed by atoms with E-state index in [1.807, 2.05) is 25.1 Å². The van der Waals surface area contributed by atoms with Gasteiger partial charge < -0.3 is 15.0 Å². The highest BCUT2D eigenvalue weighted by Gasteiger charge is 2.17. The zero-order valence-corrected chi connectivity index (χ0v) is 13.6. The van der Waals surface area contributed by atoms with Crippen molar-refractivity contribution < 1.29 is 9.53 Å². The van der Waals surface area contributed by atoms with Crippen LogP contribution in [-0.2, 0) is 4.74 Å². The quantitative estimate of drug-likeness (QED) is 0.935. The number of benzene rings is 1. The smallest absolute Gasteiger partial charge is 0.251 e. The Labute approximate surface area is 135 Å². The number of rotatable bonds is 4. The molecule has 1 aliphatic heterocycles. The molecule has 0 unspecified atom stereocenters. The molecule has 3 rings (SSSR count). The van der Waals surface area contributed by atoms with Gasteiger partial charge in [-0.15, -0.1) is 0 Å². The van der Waals surface area contributed by atoms with Crippen LogP contribution in [0.1, 0.15) is 30.6 Å². The van der Waals surface area contributed by atoms with Crippen molar-refractivity contribution >= 4 is 22.6 Å². The van der Waals surface area contributed by atoms with Crippen LogP contribution in [0.2, 0.25) is 0 Å². The summed E-state index contributed by atoms with van der Waals surface area (Å²) in [5, 5.41) is 3.90. The minimum absolute atomic E-state index is 0.0574. The summed E-state index contributed by atoms with van der Waals surface area (Å²) in [6.07, 6.45) is 2.48. The summed E-state index contributed by atoms with van der Waals surface area (Å²) in [4.78, 5) is 23.3. The molecule has 1 saturated heterocycles. The minimum atomic E-state index is -0.0574. The molecule has 0 aliphatic carbocycles. The van der Waals surface area contributed by atoms with Crippen molar-refractivity contribution in [3.63, 3.8) is 0 Å². The van der Waals surface area contributed by atoms with E-state index in [4.69, 9.17) is 4.74 Å². The van der Waals surface area contributed by atoms with Crippen LogP contribution in [0.5, 0.6) is 0 Å². The lowest BCUT2D eigenvalue weighted by Crippen LogP contribution is -2.37. The first-order chi connectivity index (χ1) is 11.2. The fraction of sp³-hybridized carbons (Fsp3) is 0.471. The Bertz CT molecular complexity index is 698. The van der Waals surface area contributed by atoms with Crippen LogP contribution in [0.15, 0.2) is 24.5 Å². The van der Waals surface area contributed by atoms with Crippen molar-refractivity contribution in [2.75, 3.05) is 31.2 Å². The second-order valence-corrected chi connectivity index (χ2v) is 5.81. The van der Waals surface area contributed by atoms with Gasteiger partial charge in [-0.05, 0) is 31.5 Å². The number of carbonyl (C=O) groups excluding carboxylic acids is 1. The van der Waals surface area contributed by atoms with E-state index < -0.39 is 0 Å². The summed E-state index contributed by atoms with van der Waals surface area (Å²) >= 11 is 0. The zero-order chi connectivity index (χ0) is 16.2. The fourth-order valence-corrected chi connectivity index (χ4v) is 2.62. The Hall–Kier alpha value is -2.21. The van der Waals surface area contributed by atoms with E-state index in [0.29, 0.717) is 18.8 Å². The average molecular weight is 314 g/mol. The van der Waals surface area contributed by atoms with Crippen LogP contribution in [0, 0.1) is 0 Å². The zero-order valence-electron chi connectivity index (χ0n) is 13.6. The molecule has 2 aromatic rings. The lowest BCUT2D eigenvalue weighted by molar-refractivity contribution is 0.0939. The van der Waals surface area contributed by atoms with Crippen LogP contribution in [0.3, 0.4) is 0 Å². The van der Waals surface area contributed by atoms with Gasteiger partial charge in [-0.2, -0.15) is 0 Å². The van der Waals surface area contributed by atoms with Crippen LogP contribution in [0.4, 0.5) is 5.82 Å². The summed E-state index contributed by atoms with van der Waals surface area (Å²) in [6, 6.07) is 5.74. The maximum atomic E-state index is 12.4. The van der Waals surface area contributed by atoms with Crippen LogP contribution in [0.25, 0.3) is 10.9 Å². The number of fused-ring (bicyclic) bond motifs is 1. The van der Waals surface area contributed by atoms with Gasteiger partial charge in [-0.3, -0.25) is 4.79 Å². The van der Waals surface area contributed by atoms with Gasteiger partial charge in [0.1, 0.15) is 12.1 Å². The molecule has 0 spiro atoms. The number of hydrogen-bond acceptors (Lipinski definition) is 5. The third-order valence-electron chi connectivity index (χ3n) is 4.18. The van der Waals surface area contributed by atoms with Gasteiger partial charge >= 0.3 is 0 Å². The van der Waals surface area contributed by atoms with E-state index >= 15 is 0 Å². The number of nitrogens with zero attached hydrogens (tertiary/aromatic N) is 3. The highest BCUT2D eigenvalue weighted by atomic mass is 16.5. The summed E-state index contributed by atoms with van der Waals surface area (Å²) in [5.41, 5.74) is 1.49. The van der Waals surface area contributed by atoms with Crippen molar-refractivity contribution in [3.8, 4) is 0 Å². The van der Waals surface area contributed by atoms with Crippen molar-refractivity contribution in [1.82, 2.24) is 15.3 Å². The summed E-state index contributed by atoms with van der Waals surface area (Å²) in [6.45, 7) is 7.04. The molecule has 1 N–H and O–H groups in total. The Balaban J connectivity index is 1.95. The Morgan fingerprint density at radius 3 is 2.87 bits per heavy atom. The first kappa shape index (κ1) is 15.7. The van der Waals surface area contributed by atoms with Crippen molar-refractivity contribution in [3.05, 3.63) is 30.1 Å². The van der Waals surface area contributed by atoms with Gasteiger partial charge in [0.15, 0.2) is 0 Å². The standard InChI is InChI=1S/C17H22N4O2/c1-3-12(2)20-17(22)13-4-5-15-14(10-13)16(19-11-18-15)21-6-8-23-9-7-21/h4-5,10-12H,3,6-9H2,1-2H3,(H,20,22)/t12-/m0/s1. The van der Waals surface area contributed by atoms with E-state index in [-0.39, 0.29) is 11.9 Å². The predicted octanol–water partition coefficient (Wildman–Crippen LogP) is 1.99. The number of aromatic nitrogens is 2. The number of amides is 1. The number of ether oxygens (including phenoxy) is 1. The number of carbonyl (C=O) groups is 1. The number of hydrogen-bond donors (Lipinski definition) is 1.